The molecule has 0 spiro atoms. The number of thiazole rings is 1. The van der Waals surface area contributed by atoms with E-state index in [4.69, 9.17) is 4.74 Å². The standard InChI is InChI=1S/C15H16N4O2S/c1-21-13-4-2-3-11(7-13)8-14(20)16-6-5-12-9-22-15-18-17-10-19(12)15/h2-4,7,9-10H,5-6,8H2,1H3,(H,16,20). The van der Waals surface area contributed by atoms with Gasteiger partial charge in [0.2, 0.25) is 10.9 Å². The predicted octanol–water partition coefficient (Wildman–Crippen LogP) is 1.70. The third-order valence-corrected chi connectivity index (χ3v) is 4.21. The van der Waals surface area contributed by atoms with Crippen molar-refractivity contribution in [3.63, 3.8) is 0 Å². The Labute approximate surface area is 131 Å². The highest BCUT2D eigenvalue weighted by molar-refractivity contribution is 7.15. The molecular weight excluding hydrogens is 300 g/mol. The summed E-state index contributed by atoms with van der Waals surface area (Å²) in [7, 11) is 1.62. The second-order valence-corrected chi connectivity index (χ2v) is 5.68. The lowest BCUT2D eigenvalue weighted by Crippen LogP contribution is -2.27. The summed E-state index contributed by atoms with van der Waals surface area (Å²) in [6, 6.07) is 7.54. The average Bonchev–Trinajstić information content (AvgIpc) is 3.12. The summed E-state index contributed by atoms with van der Waals surface area (Å²) in [5.74, 6) is 0.766. The van der Waals surface area contributed by atoms with Crippen LogP contribution >= 0.6 is 11.3 Å². The molecule has 0 aliphatic heterocycles. The van der Waals surface area contributed by atoms with Crippen LogP contribution in [-0.4, -0.2) is 34.2 Å². The molecule has 6 nitrogen and oxygen atoms in total. The van der Waals surface area contributed by atoms with Gasteiger partial charge < -0.3 is 10.1 Å². The van der Waals surface area contributed by atoms with E-state index in [-0.39, 0.29) is 5.91 Å². The number of aromatic nitrogens is 3. The zero-order valence-electron chi connectivity index (χ0n) is 12.2. The van der Waals surface area contributed by atoms with Gasteiger partial charge in [-0.05, 0) is 17.7 Å². The monoisotopic (exact) mass is 316 g/mol. The number of hydrogen-bond donors (Lipinski definition) is 1. The minimum atomic E-state index is 0.00322. The first-order valence-corrected chi connectivity index (χ1v) is 7.80. The van der Waals surface area contributed by atoms with E-state index in [1.165, 1.54) is 0 Å². The summed E-state index contributed by atoms with van der Waals surface area (Å²) in [5.41, 5.74) is 2.04. The molecule has 0 saturated carbocycles. The van der Waals surface area contributed by atoms with Crippen molar-refractivity contribution in [2.75, 3.05) is 13.7 Å². The molecule has 3 rings (SSSR count). The number of carbonyl (C=O) groups is 1. The van der Waals surface area contributed by atoms with Crippen LogP contribution in [0.15, 0.2) is 36.0 Å². The molecule has 1 amide bonds. The van der Waals surface area contributed by atoms with Crippen LogP contribution in [0, 0.1) is 0 Å². The number of rotatable bonds is 6. The summed E-state index contributed by atoms with van der Waals surface area (Å²) in [4.78, 5) is 12.8. The van der Waals surface area contributed by atoms with Gasteiger partial charge in [-0.3, -0.25) is 9.20 Å². The predicted molar refractivity (Wildman–Crippen MR) is 84.3 cm³/mol. The Bertz CT molecular complexity index is 781. The van der Waals surface area contributed by atoms with Crippen molar-refractivity contribution in [2.45, 2.75) is 12.8 Å². The Morgan fingerprint density at radius 3 is 3.23 bits per heavy atom. The van der Waals surface area contributed by atoms with Crippen LogP contribution in [0.1, 0.15) is 11.3 Å². The van der Waals surface area contributed by atoms with Gasteiger partial charge in [0.25, 0.3) is 0 Å². The number of ether oxygens (including phenoxy) is 1. The van der Waals surface area contributed by atoms with Crippen molar-refractivity contribution in [1.82, 2.24) is 19.9 Å². The van der Waals surface area contributed by atoms with Crippen molar-refractivity contribution >= 4 is 22.2 Å². The molecule has 0 aliphatic rings. The van der Waals surface area contributed by atoms with Gasteiger partial charge in [0.05, 0.1) is 13.5 Å². The SMILES string of the molecule is COc1cccc(CC(=O)NCCc2csc3nncn23)c1. The number of fused-ring (bicyclic) bond motifs is 1. The van der Waals surface area contributed by atoms with Crippen molar-refractivity contribution in [3.8, 4) is 5.75 Å². The highest BCUT2D eigenvalue weighted by atomic mass is 32.1. The molecule has 0 saturated heterocycles. The molecule has 3 aromatic rings. The summed E-state index contributed by atoms with van der Waals surface area (Å²) in [6.45, 7) is 0.590. The van der Waals surface area contributed by atoms with Crippen LogP contribution in [0.2, 0.25) is 0 Å². The average molecular weight is 316 g/mol. The summed E-state index contributed by atoms with van der Waals surface area (Å²) >= 11 is 1.55. The fourth-order valence-electron chi connectivity index (χ4n) is 2.22. The third-order valence-electron chi connectivity index (χ3n) is 3.33. The van der Waals surface area contributed by atoms with Crippen LogP contribution in [-0.2, 0) is 17.6 Å². The second kappa shape index (κ2) is 6.57. The molecule has 22 heavy (non-hydrogen) atoms. The number of nitrogens with zero attached hydrogens (tertiary/aromatic N) is 3. The van der Waals surface area contributed by atoms with E-state index in [2.05, 4.69) is 15.5 Å². The molecule has 2 heterocycles. The zero-order valence-corrected chi connectivity index (χ0v) is 13.0. The Morgan fingerprint density at radius 2 is 2.36 bits per heavy atom. The molecule has 2 aromatic heterocycles. The van der Waals surface area contributed by atoms with Gasteiger partial charge in [-0.1, -0.05) is 12.1 Å². The van der Waals surface area contributed by atoms with Crippen LogP contribution in [0.25, 0.3) is 4.96 Å². The van der Waals surface area contributed by atoms with Gasteiger partial charge in [0, 0.05) is 24.0 Å². The van der Waals surface area contributed by atoms with E-state index < -0.39 is 0 Å². The van der Waals surface area contributed by atoms with Crippen LogP contribution in [0.3, 0.4) is 0 Å². The van der Waals surface area contributed by atoms with Gasteiger partial charge in [-0.2, -0.15) is 0 Å². The zero-order chi connectivity index (χ0) is 15.4. The van der Waals surface area contributed by atoms with Gasteiger partial charge in [-0.15, -0.1) is 21.5 Å². The van der Waals surface area contributed by atoms with Gasteiger partial charge in [0.1, 0.15) is 12.1 Å². The van der Waals surface area contributed by atoms with Crippen LogP contribution in [0.4, 0.5) is 0 Å². The van der Waals surface area contributed by atoms with Gasteiger partial charge >= 0.3 is 0 Å². The first kappa shape index (κ1) is 14.5. The molecule has 7 heteroatoms. The fraction of sp³-hybridized carbons (Fsp3) is 0.267. The van der Waals surface area contributed by atoms with E-state index in [0.29, 0.717) is 13.0 Å². The Balaban J connectivity index is 1.51. The number of methoxy groups -OCH3 is 1. The molecule has 1 N–H and O–H groups in total. The van der Waals surface area contributed by atoms with E-state index in [0.717, 1.165) is 28.4 Å². The van der Waals surface area contributed by atoms with E-state index in [9.17, 15) is 4.79 Å². The smallest absolute Gasteiger partial charge is 0.224 e. The minimum Gasteiger partial charge on any atom is -0.497 e. The van der Waals surface area contributed by atoms with Crippen molar-refractivity contribution in [1.29, 1.82) is 0 Å². The summed E-state index contributed by atoms with van der Waals surface area (Å²) < 4.78 is 7.10. The van der Waals surface area contributed by atoms with Crippen molar-refractivity contribution in [2.24, 2.45) is 0 Å². The molecular formula is C15H16N4O2S. The maximum Gasteiger partial charge on any atom is 0.224 e. The lowest BCUT2D eigenvalue weighted by molar-refractivity contribution is -0.120. The quantitative estimate of drug-likeness (QED) is 0.751. The summed E-state index contributed by atoms with van der Waals surface area (Å²) in [5, 5.41) is 12.8. The largest absolute Gasteiger partial charge is 0.497 e. The van der Waals surface area contributed by atoms with Gasteiger partial charge in [-0.25, -0.2) is 0 Å². The Hall–Kier alpha value is -2.41. The molecule has 0 radical (unpaired) electrons. The van der Waals surface area contributed by atoms with Crippen molar-refractivity contribution < 1.29 is 9.53 Å². The van der Waals surface area contributed by atoms with E-state index in [1.807, 2.05) is 34.0 Å². The van der Waals surface area contributed by atoms with Crippen LogP contribution in [0.5, 0.6) is 5.75 Å². The van der Waals surface area contributed by atoms with E-state index in [1.54, 1.807) is 24.8 Å². The maximum absolute atomic E-state index is 12.0. The molecule has 114 valence electrons. The van der Waals surface area contributed by atoms with E-state index >= 15 is 0 Å². The minimum absolute atomic E-state index is 0.00322. The Morgan fingerprint density at radius 1 is 1.45 bits per heavy atom. The first-order valence-electron chi connectivity index (χ1n) is 6.92. The number of hydrogen-bond acceptors (Lipinski definition) is 5. The normalized spacial score (nSPS) is 10.8. The van der Waals surface area contributed by atoms with Crippen molar-refractivity contribution in [3.05, 3.63) is 47.2 Å². The number of carbonyl (C=O) groups excluding carboxylic acids is 1. The molecule has 0 bridgehead atoms. The topological polar surface area (TPSA) is 68.5 Å². The van der Waals surface area contributed by atoms with Crippen LogP contribution < -0.4 is 10.1 Å². The molecule has 0 aliphatic carbocycles. The molecule has 1 aromatic carbocycles. The maximum atomic E-state index is 12.0. The second-order valence-electron chi connectivity index (χ2n) is 4.84. The highest BCUT2D eigenvalue weighted by Gasteiger charge is 2.07. The number of benzene rings is 1. The van der Waals surface area contributed by atoms with Gasteiger partial charge in [0.15, 0.2) is 0 Å². The molecule has 0 unspecified atom stereocenters. The first-order chi connectivity index (χ1) is 10.8. The lowest BCUT2D eigenvalue weighted by Gasteiger charge is -2.06. The molecule has 0 atom stereocenters. The summed E-state index contributed by atoms with van der Waals surface area (Å²) in [6.07, 6.45) is 2.80. The fourth-order valence-corrected chi connectivity index (χ4v) is 3.06. The lowest BCUT2D eigenvalue weighted by atomic mass is 10.1. The molecule has 0 fully saturated rings. The third kappa shape index (κ3) is 3.25. The Kier molecular flexibility index (Phi) is 4.34. The number of nitrogens with one attached hydrogen (secondary N) is 1. The highest BCUT2D eigenvalue weighted by Crippen LogP contribution is 2.14. The number of amides is 1.